The fourth-order valence-electron chi connectivity index (χ4n) is 0.642. The number of rotatable bonds is 1. The average Bonchev–Trinajstić information content (AvgIpc) is 1.88. The number of hydrogen-bond acceptors (Lipinski definition) is 0. The molecule has 0 radical (unpaired) electrons. The van der Waals surface area contributed by atoms with Gasteiger partial charge in [0, 0.05) is 0 Å². The third-order valence-electron chi connectivity index (χ3n) is 1.09. The van der Waals surface area contributed by atoms with Crippen LogP contribution in [0, 0.1) is 3.57 Å². The van der Waals surface area contributed by atoms with Gasteiger partial charge in [-0.1, -0.05) is 24.8 Å². The van der Waals surface area contributed by atoms with Crippen molar-refractivity contribution < 1.29 is 22.6 Å². The van der Waals surface area contributed by atoms with E-state index in [1.165, 1.54) is 9.13 Å². The van der Waals surface area contributed by atoms with Gasteiger partial charge in [0.2, 0.25) is 0 Å². The molecule has 0 atom stereocenters. The molecule has 1 aromatic rings. The Kier molecular flexibility index (Phi) is 2.28. The second-order valence-electron chi connectivity index (χ2n) is 1.78. The molecule has 0 unspecified atom stereocenters. The fraction of sp³-hybridized carbons (Fsp3) is 0. The zero-order chi connectivity index (χ0) is 6.69. The van der Waals surface area contributed by atoms with Gasteiger partial charge in [-0.25, -0.2) is 0 Å². The monoisotopic (exact) mass is 231 g/mol. The summed E-state index contributed by atoms with van der Waals surface area (Å²) in [5, 5.41) is 0. The summed E-state index contributed by atoms with van der Waals surface area (Å²) in [4.78, 5) is 0. The molecule has 0 spiro atoms. The van der Waals surface area contributed by atoms with Crippen molar-refractivity contribution >= 4 is 6.08 Å². The zero-order valence-corrected chi connectivity index (χ0v) is 7.33. The van der Waals surface area contributed by atoms with E-state index in [0.717, 1.165) is 0 Å². The molecule has 0 aliphatic rings. The minimum absolute atomic E-state index is 1.19. The summed E-state index contributed by atoms with van der Waals surface area (Å²) in [5.41, 5.74) is 1.19. The minimum Gasteiger partial charge on any atom is -0.0985 e. The number of hydrogen-bond donors (Lipinski definition) is 0. The van der Waals surface area contributed by atoms with Gasteiger partial charge < -0.3 is 0 Å². The van der Waals surface area contributed by atoms with Crippen LogP contribution in [0.4, 0.5) is 0 Å². The van der Waals surface area contributed by atoms with E-state index in [1.807, 2.05) is 40.8 Å². The maximum absolute atomic E-state index is 3.67. The van der Waals surface area contributed by atoms with Crippen molar-refractivity contribution in [2.45, 2.75) is 0 Å². The first kappa shape index (κ1) is 6.81. The molecule has 0 aromatic heterocycles. The molecule has 46 valence electrons. The quantitative estimate of drug-likeness (QED) is 0.532. The van der Waals surface area contributed by atoms with Crippen LogP contribution in [0.3, 0.4) is 0 Å². The first-order chi connectivity index (χ1) is 4.33. The van der Waals surface area contributed by atoms with Crippen LogP contribution < -0.4 is 22.6 Å². The van der Waals surface area contributed by atoms with Crippen LogP contribution in [0.1, 0.15) is 5.56 Å². The zero-order valence-electron chi connectivity index (χ0n) is 5.00. The predicted molar refractivity (Wildman–Crippen MR) is 36.6 cm³/mol. The molecule has 0 bridgehead atoms. The van der Waals surface area contributed by atoms with Gasteiger partial charge in [-0.2, -0.15) is 0 Å². The molecule has 0 N–H and O–H groups in total. The lowest BCUT2D eigenvalue weighted by Crippen LogP contribution is -3.34. The highest BCUT2D eigenvalue weighted by atomic mass is 127. The van der Waals surface area contributed by atoms with Crippen molar-refractivity contribution in [3.63, 3.8) is 0 Å². The Labute approximate surface area is 68.7 Å². The Morgan fingerprint density at radius 1 is 1.44 bits per heavy atom. The number of benzene rings is 1. The van der Waals surface area contributed by atoms with E-state index in [4.69, 9.17) is 0 Å². The molecule has 0 aliphatic carbocycles. The Hall–Kier alpha value is -0.310. The summed E-state index contributed by atoms with van der Waals surface area (Å²) in [7, 11) is 0. The highest BCUT2D eigenvalue weighted by Gasteiger charge is 1.92. The topological polar surface area (TPSA) is 0 Å². The minimum atomic E-state index is 1.19. The molecule has 1 aromatic carbocycles. The van der Waals surface area contributed by atoms with Gasteiger partial charge >= 0.3 is 0 Å². The standard InChI is InChI=1S/C8H8I/c1-2-7-4-3-5-8(9)6-7/h2-6,9H,1H2/q+1. The maximum atomic E-state index is 3.67. The van der Waals surface area contributed by atoms with Crippen LogP contribution in [-0.4, -0.2) is 0 Å². The van der Waals surface area contributed by atoms with Crippen LogP contribution in [-0.2, 0) is 0 Å². The Balaban J connectivity index is 3.07. The maximum Gasteiger partial charge on any atom is 0.296 e. The van der Waals surface area contributed by atoms with Gasteiger partial charge in [0.1, 0.15) is 0 Å². The van der Waals surface area contributed by atoms with E-state index in [0.29, 0.717) is 0 Å². The van der Waals surface area contributed by atoms with Gasteiger partial charge in [-0.05, 0) is 17.7 Å². The summed E-state index contributed by atoms with van der Waals surface area (Å²) in [5.74, 6) is 0. The van der Waals surface area contributed by atoms with Gasteiger partial charge in [-0.3, -0.25) is 0 Å². The highest BCUT2D eigenvalue weighted by molar-refractivity contribution is 5.45. The molecule has 0 saturated heterocycles. The van der Waals surface area contributed by atoms with Crippen molar-refractivity contribution in [2.75, 3.05) is 0 Å². The Morgan fingerprint density at radius 3 is 2.67 bits per heavy atom. The third kappa shape index (κ3) is 1.82. The molecule has 0 nitrogen and oxygen atoms in total. The molecular formula is C8H8I+. The largest absolute Gasteiger partial charge is 0.296 e. The lowest BCUT2D eigenvalue weighted by molar-refractivity contribution is -0.328. The summed E-state index contributed by atoms with van der Waals surface area (Å²) >= 11 is 2.01. The average molecular weight is 231 g/mol. The first-order valence-corrected chi connectivity index (χ1v) is 3.89. The molecule has 0 fully saturated rings. The lowest BCUT2D eigenvalue weighted by atomic mass is 10.2. The van der Waals surface area contributed by atoms with Crippen LogP contribution >= 0.6 is 0 Å². The van der Waals surface area contributed by atoms with E-state index < -0.39 is 0 Å². The molecule has 0 heterocycles. The molecule has 0 aliphatic heterocycles. The first-order valence-electron chi connectivity index (χ1n) is 2.72. The summed E-state index contributed by atoms with van der Waals surface area (Å²) < 4.78 is 1.29. The summed E-state index contributed by atoms with van der Waals surface area (Å²) in [6.07, 6.45) is 1.86. The SMILES string of the molecule is C=Cc1cccc([IH+])c1. The third-order valence-corrected chi connectivity index (χ3v) is 1.82. The fourth-order valence-corrected chi connectivity index (χ4v) is 1.25. The molecular weight excluding hydrogens is 223 g/mol. The predicted octanol–water partition coefficient (Wildman–Crippen LogP) is -1.22. The van der Waals surface area contributed by atoms with Gasteiger partial charge in [0.15, 0.2) is 3.57 Å². The Bertz CT molecular complexity index is 216. The van der Waals surface area contributed by atoms with Crippen molar-refractivity contribution in [1.29, 1.82) is 0 Å². The van der Waals surface area contributed by atoms with Crippen LogP contribution in [0.25, 0.3) is 6.08 Å². The van der Waals surface area contributed by atoms with E-state index >= 15 is 0 Å². The van der Waals surface area contributed by atoms with Crippen molar-refractivity contribution in [2.24, 2.45) is 0 Å². The normalized spacial score (nSPS) is 9.00. The summed E-state index contributed by atoms with van der Waals surface area (Å²) in [6.45, 7) is 3.67. The van der Waals surface area contributed by atoms with Gasteiger partial charge in [0.25, 0.3) is 22.6 Å². The van der Waals surface area contributed by atoms with E-state index in [9.17, 15) is 0 Å². The second kappa shape index (κ2) is 3.01. The molecule has 1 rings (SSSR count). The summed E-state index contributed by atoms with van der Waals surface area (Å²) in [6, 6.07) is 8.27. The van der Waals surface area contributed by atoms with Crippen LogP contribution in [0.2, 0.25) is 0 Å². The van der Waals surface area contributed by atoms with Crippen molar-refractivity contribution in [1.82, 2.24) is 0 Å². The van der Waals surface area contributed by atoms with E-state index in [-0.39, 0.29) is 0 Å². The van der Waals surface area contributed by atoms with E-state index in [2.05, 4.69) is 18.7 Å². The van der Waals surface area contributed by atoms with Crippen LogP contribution in [0.5, 0.6) is 0 Å². The molecule has 0 amide bonds. The Morgan fingerprint density at radius 2 is 2.22 bits per heavy atom. The number of halogens is 1. The smallest absolute Gasteiger partial charge is 0.0985 e. The van der Waals surface area contributed by atoms with Gasteiger partial charge in [-0.15, -0.1) is 0 Å². The second-order valence-corrected chi connectivity index (χ2v) is 3.12. The van der Waals surface area contributed by atoms with Crippen LogP contribution in [0.15, 0.2) is 30.8 Å². The molecule has 9 heavy (non-hydrogen) atoms. The van der Waals surface area contributed by atoms with Gasteiger partial charge in [0.05, 0.1) is 0 Å². The van der Waals surface area contributed by atoms with E-state index in [1.54, 1.807) is 0 Å². The van der Waals surface area contributed by atoms with Crippen molar-refractivity contribution in [3.05, 3.63) is 40.0 Å². The molecule has 0 saturated carbocycles. The molecule has 1 heteroatoms. The lowest BCUT2D eigenvalue weighted by Gasteiger charge is -1.86. The highest BCUT2D eigenvalue weighted by Crippen LogP contribution is 1.97. The van der Waals surface area contributed by atoms with Crippen molar-refractivity contribution in [3.8, 4) is 0 Å².